The fraction of sp³-hybridized carbons (Fsp3) is 0.913. The molecule has 2 saturated heterocycles. The van der Waals surface area contributed by atoms with Crippen molar-refractivity contribution in [2.45, 2.75) is 89.6 Å². The van der Waals surface area contributed by atoms with Crippen molar-refractivity contribution < 1.29 is 19.1 Å². The Morgan fingerprint density at radius 2 is 1.85 bits per heavy atom. The molecule has 6 atom stereocenters. The third-order valence-electron chi connectivity index (χ3n) is 6.92. The molecule has 0 bridgehead atoms. The van der Waals surface area contributed by atoms with Crippen LogP contribution in [0.25, 0.3) is 0 Å². The number of carbonyl (C=O) groups is 2. The van der Waals surface area contributed by atoms with Crippen LogP contribution in [0.2, 0.25) is 0 Å². The minimum absolute atomic E-state index is 0.0125. The van der Waals surface area contributed by atoms with Gasteiger partial charge in [0, 0.05) is 52.4 Å². The van der Waals surface area contributed by atoms with E-state index in [4.69, 9.17) is 9.47 Å². The van der Waals surface area contributed by atoms with E-state index >= 15 is 0 Å². The number of nitrogens with one attached hydrogen (secondary N) is 4. The first-order valence-electron chi connectivity index (χ1n) is 12.4. The monoisotopic (exact) mass is 468 g/mol. The van der Waals surface area contributed by atoms with Gasteiger partial charge in [0.15, 0.2) is 0 Å². The molecule has 0 aromatic heterocycles. The number of amides is 2. The lowest BCUT2D eigenvalue weighted by Crippen LogP contribution is -2.74. The number of ether oxygens (including phenoxy) is 2. The van der Waals surface area contributed by atoms with Gasteiger partial charge in [-0.2, -0.15) is 0 Å². The van der Waals surface area contributed by atoms with E-state index in [-0.39, 0.29) is 48.6 Å². The molecular formula is C23H44N6O4. The molecule has 1 aliphatic carbocycles. The van der Waals surface area contributed by atoms with Crippen LogP contribution in [0.15, 0.2) is 0 Å². The predicted octanol–water partition coefficient (Wildman–Crippen LogP) is 0.640. The quantitative estimate of drug-likeness (QED) is 0.466. The highest BCUT2D eigenvalue weighted by Crippen LogP contribution is 2.23. The maximum atomic E-state index is 12.6. The van der Waals surface area contributed by atoms with Crippen LogP contribution < -0.4 is 21.3 Å². The first-order valence-corrected chi connectivity index (χ1v) is 12.4. The van der Waals surface area contributed by atoms with Crippen molar-refractivity contribution in [1.82, 2.24) is 31.1 Å². The number of rotatable bonds is 5. The minimum Gasteiger partial charge on any atom is -0.444 e. The molecule has 2 heterocycles. The van der Waals surface area contributed by atoms with Gasteiger partial charge in [0.05, 0.1) is 18.2 Å². The summed E-state index contributed by atoms with van der Waals surface area (Å²) in [4.78, 5) is 29.2. The highest BCUT2D eigenvalue weighted by Gasteiger charge is 2.41. The van der Waals surface area contributed by atoms with Crippen molar-refractivity contribution in [1.29, 1.82) is 0 Å². The molecule has 3 rings (SSSR count). The maximum Gasteiger partial charge on any atom is 0.410 e. The third-order valence-corrected chi connectivity index (χ3v) is 6.92. The van der Waals surface area contributed by atoms with E-state index < -0.39 is 5.60 Å². The summed E-state index contributed by atoms with van der Waals surface area (Å²) in [6.07, 6.45) is 4.06. The Bertz CT molecular complexity index is 672. The zero-order valence-corrected chi connectivity index (χ0v) is 21.1. The summed E-state index contributed by atoms with van der Waals surface area (Å²) in [7, 11) is 3.45. The van der Waals surface area contributed by atoms with Crippen LogP contribution in [0.1, 0.15) is 53.4 Å². The molecule has 10 nitrogen and oxygen atoms in total. The third kappa shape index (κ3) is 6.79. The topological polar surface area (TPSA) is 107 Å². The van der Waals surface area contributed by atoms with Crippen molar-refractivity contribution in [3.63, 3.8) is 0 Å². The normalized spacial score (nSPS) is 34.1. The van der Waals surface area contributed by atoms with E-state index in [1.54, 1.807) is 19.1 Å². The van der Waals surface area contributed by atoms with Crippen LogP contribution in [0, 0.1) is 5.92 Å². The molecule has 2 aliphatic heterocycles. The van der Waals surface area contributed by atoms with E-state index in [0.717, 1.165) is 12.8 Å². The Balaban J connectivity index is 1.64. The largest absolute Gasteiger partial charge is 0.444 e. The van der Waals surface area contributed by atoms with E-state index in [0.29, 0.717) is 26.2 Å². The Morgan fingerprint density at radius 3 is 2.48 bits per heavy atom. The van der Waals surface area contributed by atoms with Gasteiger partial charge in [-0.3, -0.25) is 25.6 Å². The molecule has 33 heavy (non-hydrogen) atoms. The van der Waals surface area contributed by atoms with Gasteiger partial charge in [0.1, 0.15) is 11.9 Å². The second-order valence-electron chi connectivity index (χ2n) is 10.5. The molecule has 0 radical (unpaired) electrons. The lowest BCUT2D eigenvalue weighted by molar-refractivity contribution is -0.128. The standard InChI is InChI=1S/C23H44N6O4/c1-15-14-28(22(31)33-23(2,3)4)11-12-29(15)21-25-13-16(20(30)24-5)19(27-21)26-17-9-7-8-10-18(17)32-6/h15-19,21,25-27H,7-14H2,1-6H3,(H,24,30). The van der Waals surface area contributed by atoms with Gasteiger partial charge in [-0.15, -0.1) is 0 Å². The Morgan fingerprint density at radius 1 is 1.12 bits per heavy atom. The second kappa shape index (κ2) is 11.3. The molecule has 4 N–H and O–H groups in total. The smallest absolute Gasteiger partial charge is 0.410 e. The van der Waals surface area contributed by atoms with Gasteiger partial charge in [-0.05, 0) is 40.5 Å². The fourth-order valence-electron chi connectivity index (χ4n) is 5.16. The summed E-state index contributed by atoms with van der Waals surface area (Å²) >= 11 is 0. The van der Waals surface area contributed by atoms with Crippen LogP contribution in [-0.2, 0) is 14.3 Å². The van der Waals surface area contributed by atoms with Gasteiger partial charge in [0.25, 0.3) is 0 Å². The summed E-state index contributed by atoms with van der Waals surface area (Å²) in [5.74, 6) is -0.220. The van der Waals surface area contributed by atoms with E-state index in [1.165, 1.54) is 12.8 Å². The van der Waals surface area contributed by atoms with Crippen molar-refractivity contribution in [3.8, 4) is 0 Å². The van der Waals surface area contributed by atoms with Gasteiger partial charge >= 0.3 is 6.09 Å². The first-order chi connectivity index (χ1) is 15.6. The summed E-state index contributed by atoms with van der Waals surface area (Å²) in [5.41, 5.74) is -0.503. The van der Waals surface area contributed by atoms with Crippen LogP contribution in [0.4, 0.5) is 4.79 Å². The van der Waals surface area contributed by atoms with Gasteiger partial charge < -0.3 is 19.7 Å². The predicted molar refractivity (Wildman–Crippen MR) is 126 cm³/mol. The molecule has 3 aliphatic rings. The van der Waals surface area contributed by atoms with E-state index in [9.17, 15) is 9.59 Å². The van der Waals surface area contributed by atoms with Crippen molar-refractivity contribution in [3.05, 3.63) is 0 Å². The van der Waals surface area contributed by atoms with Gasteiger partial charge in [0.2, 0.25) is 5.91 Å². The first kappa shape index (κ1) is 26.2. The molecule has 0 aromatic rings. The summed E-state index contributed by atoms with van der Waals surface area (Å²) in [6, 6.07) is 0.350. The van der Waals surface area contributed by atoms with Gasteiger partial charge in [-0.1, -0.05) is 12.8 Å². The number of hydrogen-bond donors (Lipinski definition) is 4. The molecular weight excluding hydrogens is 424 g/mol. The SMILES string of the molecule is CNC(=O)C1CNC(N2CCN(C(=O)OC(C)(C)C)CC2C)NC1NC1CCCCC1OC. The highest BCUT2D eigenvalue weighted by atomic mass is 16.6. The summed E-state index contributed by atoms with van der Waals surface area (Å²) in [6.45, 7) is 10.3. The zero-order chi connectivity index (χ0) is 24.2. The van der Waals surface area contributed by atoms with Crippen molar-refractivity contribution in [2.24, 2.45) is 5.92 Å². The number of hydrogen-bond acceptors (Lipinski definition) is 8. The molecule has 0 aromatic carbocycles. The van der Waals surface area contributed by atoms with E-state index in [1.807, 2.05) is 20.8 Å². The number of nitrogens with zero attached hydrogens (tertiary/aromatic N) is 2. The minimum atomic E-state index is -0.503. The average molecular weight is 469 g/mol. The summed E-state index contributed by atoms with van der Waals surface area (Å²) < 4.78 is 11.3. The Kier molecular flexibility index (Phi) is 8.96. The van der Waals surface area contributed by atoms with Crippen molar-refractivity contribution >= 4 is 12.0 Å². The fourth-order valence-corrected chi connectivity index (χ4v) is 5.16. The molecule has 190 valence electrons. The number of piperazine rings is 1. The van der Waals surface area contributed by atoms with Crippen molar-refractivity contribution in [2.75, 3.05) is 40.3 Å². The second-order valence-corrected chi connectivity index (χ2v) is 10.5. The molecule has 3 fully saturated rings. The molecule has 1 saturated carbocycles. The maximum absolute atomic E-state index is 12.6. The Labute approximate surface area is 198 Å². The Hall–Kier alpha value is -1.46. The number of methoxy groups -OCH3 is 1. The molecule has 6 unspecified atom stereocenters. The highest BCUT2D eigenvalue weighted by molar-refractivity contribution is 5.79. The molecule has 0 spiro atoms. The summed E-state index contributed by atoms with van der Waals surface area (Å²) in [5, 5.41) is 13.7. The van der Waals surface area contributed by atoms with E-state index in [2.05, 4.69) is 33.1 Å². The lowest BCUT2D eigenvalue weighted by atomic mass is 9.91. The van der Waals surface area contributed by atoms with Gasteiger partial charge in [-0.25, -0.2) is 4.79 Å². The zero-order valence-electron chi connectivity index (χ0n) is 21.1. The molecule has 10 heteroatoms. The number of carbonyl (C=O) groups excluding carboxylic acids is 2. The average Bonchev–Trinajstić information content (AvgIpc) is 2.77. The van der Waals surface area contributed by atoms with Crippen LogP contribution >= 0.6 is 0 Å². The molecule has 2 amide bonds. The van der Waals surface area contributed by atoms with Crippen LogP contribution in [0.3, 0.4) is 0 Å². The van der Waals surface area contributed by atoms with Crippen LogP contribution in [0.5, 0.6) is 0 Å². The van der Waals surface area contributed by atoms with Crippen LogP contribution in [-0.4, -0.2) is 98.4 Å². The lowest BCUT2D eigenvalue weighted by Gasteiger charge is -2.49.